The number of hydrogen-bond donors (Lipinski definition) is 1. The van der Waals surface area contributed by atoms with E-state index in [9.17, 15) is 4.79 Å². The van der Waals surface area contributed by atoms with E-state index in [1.54, 1.807) is 0 Å². The molecular formula is C12H17ClN2OS. The van der Waals surface area contributed by atoms with Crippen LogP contribution in [0.25, 0.3) is 0 Å². The van der Waals surface area contributed by atoms with Gasteiger partial charge in [0.15, 0.2) is 0 Å². The van der Waals surface area contributed by atoms with Crippen molar-refractivity contribution >= 4 is 28.8 Å². The van der Waals surface area contributed by atoms with Gasteiger partial charge in [0.25, 0.3) is 5.91 Å². The van der Waals surface area contributed by atoms with E-state index in [2.05, 4.69) is 6.92 Å². The zero-order valence-electron chi connectivity index (χ0n) is 10.1. The van der Waals surface area contributed by atoms with Gasteiger partial charge in [0.05, 0.1) is 5.02 Å². The van der Waals surface area contributed by atoms with Gasteiger partial charge < -0.3 is 10.6 Å². The van der Waals surface area contributed by atoms with Gasteiger partial charge in [-0.15, -0.1) is 11.3 Å². The van der Waals surface area contributed by atoms with Crippen molar-refractivity contribution < 1.29 is 4.79 Å². The minimum absolute atomic E-state index is 0.0480. The van der Waals surface area contributed by atoms with Crippen LogP contribution in [0.15, 0.2) is 5.38 Å². The van der Waals surface area contributed by atoms with Crippen molar-refractivity contribution in [1.29, 1.82) is 0 Å². The molecule has 2 N–H and O–H groups in total. The molecule has 1 aromatic heterocycles. The van der Waals surface area contributed by atoms with E-state index >= 15 is 0 Å². The van der Waals surface area contributed by atoms with Gasteiger partial charge >= 0.3 is 0 Å². The van der Waals surface area contributed by atoms with Crippen molar-refractivity contribution in [3.8, 4) is 0 Å². The monoisotopic (exact) mass is 272 g/mol. The quantitative estimate of drug-likeness (QED) is 0.854. The molecule has 2 unspecified atom stereocenters. The SMILES string of the molecule is Cc1csc(C(=O)N2CCC(N)C(C)C2)c1Cl. The Morgan fingerprint density at radius 2 is 2.35 bits per heavy atom. The van der Waals surface area contributed by atoms with Crippen molar-refractivity contribution in [1.82, 2.24) is 4.90 Å². The van der Waals surface area contributed by atoms with Gasteiger partial charge in [0, 0.05) is 19.1 Å². The van der Waals surface area contributed by atoms with Crippen molar-refractivity contribution in [3.63, 3.8) is 0 Å². The molecule has 3 nitrogen and oxygen atoms in total. The van der Waals surface area contributed by atoms with Gasteiger partial charge in [0.2, 0.25) is 0 Å². The standard InChI is InChI=1S/C12H17ClN2OS/c1-7-5-15(4-3-9(7)14)12(16)11-10(13)8(2)6-17-11/h6-7,9H,3-5,14H2,1-2H3. The number of piperidine rings is 1. The number of carbonyl (C=O) groups is 1. The summed E-state index contributed by atoms with van der Waals surface area (Å²) in [6.07, 6.45) is 0.870. The Bertz CT molecular complexity index is 432. The first kappa shape index (κ1) is 12.9. The van der Waals surface area contributed by atoms with Gasteiger partial charge in [-0.2, -0.15) is 0 Å². The minimum atomic E-state index is 0.0480. The number of rotatable bonds is 1. The molecule has 0 spiro atoms. The summed E-state index contributed by atoms with van der Waals surface area (Å²) in [6.45, 7) is 5.47. The first-order valence-electron chi connectivity index (χ1n) is 5.79. The van der Waals surface area contributed by atoms with Crippen LogP contribution in [0, 0.1) is 12.8 Å². The number of halogens is 1. The summed E-state index contributed by atoms with van der Waals surface area (Å²) in [5.74, 6) is 0.402. The number of thiophene rings is 1. The molecule has 1 aliphatic heterocycles. The fourth-order valence-corrected chi connectivity index (χ4v) is 3.31. The zero-order chi connectivity index (χ0) is 12.6. The van der Waals surface area contributed by atoms with Crippen LogP contribution >= 0.6 is 22.9 Å². The van der Waals surface area contributed by atoms with Gasteiger partial charge in [-0.1, -0.05) is 18.5 Å². The van der Waals surface area contributed by atoms with E-state index < -0.39 is 0 Å². The molecule has 1 aliphatic rings. The Hall–Kier alpha value is -0.580. The van der Waals surface area contributed by atoms with Gasteiger partial charge in [-0.05, 0) is 30.2 Å². The van der Waals surface area contributed by atoms with E-state index in [-0.39, 0.29) is 11.9 Å². The second kappa shape index (κ2) is 4.96. The van der Waals surface area contributed by atoms with Gasteiger partial charge in [-0.25, -0.2) is 0 Å². The van der Waals surface area contributed by atoms with Crippen LogP contribution in [-0.4, -0.2) is 29.9 Å². The molecule has 2 atom stereocenters. The molecule has 1 aromatic rings. The molecule has 1 amide bonds. The Morgan fingerprint density at radius 1 is 1.65 bits per heavy atom. The number of nitrogens with two attached hydrogens (primary N) is 1. The summed E-state index contributed by atoms with van der Waals surface area (Å²) in [4.78, 5) is 14.8. The number of hydrogen-bond acceptors (Lipinski definition) is 3. The zero-order valence-corrected chi connectivity index (χ0v) is 11.6. The molecule has 0 aliphatic carbocycles. The van der Waals surface area contributed by atoms with Crippen LogP contribution in [0.3, 0.4) is 0 Å². The highest BCUT2D eigenvalue weighted by molar-refractivity contribution is 7.13. The van der Waals surface area contributed by atoms with Crippen molar-refractivity contribution in [2.24, 2.45) is 11.7 Å². The Balaban J connectivity index is 2.13. The Kier molecular flexibility index (Phi) is 3.76. The summed E-state index contributed by atoms with van der Waals surface area (Å²) in [7, 11) is 0. The maximum absolute atomic E-state index is 12.3. The maximum atomic E-state index is 12.3. The van der Waals surface area contributed by atoms with Crippen molar-refractivity contribution in [2.45, 2.75) is 26.3 Å². The summed E-state index contributed by atoms with van der Waals surface area (Å²) in [5, 5.41) is 2.52. The lowest BCUT2D eigenvalue weighted by Gasteiger charge is -2.34. The molecule has 0 saturated carbocycles. The summed E-state index contributed by atoms with van der Waals surface area (Å²) < 4.78 is 0. The average molecular weight is 273 g/mol. The van der Waals surface area contributed by atoms with Crippen LogP contribution in [0.4, 0.5) is 0 Å². The lowest BCUT2D eigenvalue weighted by atomic mass is 9.95. The maximum Gasteiger partial charge on any atom is 0.265 e. The number of nitrogens with zero attached hydrogens (tertiary/aromatic N) is 1. The van der Waals surface area contributed by atoms with Gasteiger partial charge in [0.1, 0.15) is 4.88 Å². The highest BCUT2D eigenvalue weighted by atomic mass is 35.5. The molecule has 0 aromatic carbocycles. The Morgan fingerprint density at radius 3 is 2.88 bits per heavy atom. The smallest absolute Gasteiger partial charge is 0.265 e. The molecule has 5 heteroatoms. The lowest BCUT2D eigenvalue weighted by molar-refractivity contribution is 0.0669. The molecule has 1 saturated heterocycles. The van der Waals surface area contributed by atoms with Gasteiger partial charge in [-0.3, -0.25) is 4.79 Å². The van der Waals surface area contributed by atoms with E-state index in [0.29, 0.717) is 15.8 Å². The van der Waals surface area contributed by atoms with Crippen LogP contribution < -0.4 is 5.73 Å². The van der Waals surface area contributed by atoms with E-state index in [0.717, 1.165) is 25.1 Å². The fourth-order valence-electron chi connectivity index (χ4n) is 2.07. The van der Waals surface area contributed by atoms with Crippen LogP contribution in [-0.2, 0) is 0 Å². The molecule has 2 heterocycles. The molecule has 0 bridgehead atoms. The summed E-state index contributed by atoms with van der Waals surface area (Å²) >= 11 is 7.55. The fraction of sp³-hybridized carbons (Fsp3) is 0.583. The number of likely N-dealkylation sites (tertiary alicyclic amines) is 1. The second-order valence-corrected chi connectivity index (χ2v) is 6.00. The molecule has 1 fully saturated rings. The highest BCUT2D eigenvalue weighted by Gasteiger charge is 2.28. The predicted octanol–water partition coefficient (Wildman–Crippen LogP) is 2.52. The molecule has 0 radical (unpaired) electrons. The summed E-state index contributed by atoms with van der Waals surface area (Å²) in [6, 6.07) is 0.208. The number of amides is 1. The molecule has 17 heavy (non-hydrogen) atoms. The molecule has 94 valence electrons. The largest absolute Gasteiger partial charge is 0.338 e. The Labute approximate surface area is 111 Å². The topological polar surface area (TPSA) is 46.3 Å². The lowest BCUT2D eigenvalue weighted by Crippen LogP contribution is -2.48. The normalized spacial score (nSPS) is 25.1. The highest BCUT2D eigenvalue weighted by Crippen LogP contribution is 2.29. The predicted molar refractivity (Wildman–Crippen MR) is 71.7 cm³/mol. The molecular weight excluding hydrogens is 256 g/mol. The third kappa shape index (κ3) is 2.49. The average Bonchev–Trinajstić information content (AvgIpc) is 2.63. The van der Waals surface area contributed by atoms with Crippen LogP contribution in [0.2, 0.25) is 5.02 Å². The summed E-state index contributed by atoms with van der Waals surface area (Å²) in [5.41, 5.74) is 6.93. The third-order valence-electron chi connectivity index (χ3n) is 3.35. The molecule has 2 rings (SSSR count). The minimum Gasteiger partial charge on any atom is -0.338 e. The van der Waals surface area contributed by atoms with E-state index in [4.69, 9.17) is 17.3 Å². The van der Waals surface area contributed by atoms with Crippen LogP contribution in [0.5, 0.6) is 0 Å². The second-order valence-electron chi connectivity index (χ2n) is 4.74. The number of carbonyl (C=O) groups excluding carboxylic acids is 1. The van der Waals surface area contributed by atoms with Crippen LogP contribution in [0.1, 0.15) is 28.6 Å². The number of aryl methyl sites for hydroxylation is 1. The van der Waals surface area contributed by atoms with E-state index in [1.165, 1.54) is 11.3 Å². The first-order valence-corrected chi connectivity index (χ1v) is 7.05. The first-order chi connectivity index (χ1) is 8.00. The third-order valence-corrected chi connectivity index (χ3v) is 5.04. The van der Waals surface area contributed by atoms with Crippen molar-refractivity contribution in [3.05, 3.63) is 20.8 Å². The van der Waals surface area contributed by atoms with E-state index in [1.807, 2.05) is 17.2 Å². The van der Waals surface area contributed by atoms with Crippen molar-refractivity contribution in [2.75, 3.05) is 13.1 Å².